The van der Waals surface area contributed by atoms with E-state index in [0.717, 1.165) is 60.6 Å². The third kappa shape index (κ3) is 4.16. The van der Waals surface area contributed by atoms with Crippen molar-refractivity contribution in [2.75, 3.05) is 0 Å². The summed E-state index contributed by atoms with van der Waals surface area (Å²) in [6, 6.07) is 68.6. The molecule has 0 radical (unpaired) electrons. The van der Waals surface area contributed by atoms with Crippen LogP contribution < -0.4 is 0 Å². The van der Waals surface area contributed by atoms with Crippen molar-refractivity contribution in [2.45, 2.75) is 0 Å². The minimum Gasteiger partial charge on any atom is -0.455 e. The molecule has 4 nitrogen and oxygen atoms in total. The molecule has 0 aliphatic carbocycles. The Morgan fingerprint density at radius 2 is 0.746 bits per heavy atom. The highest BCUT2D eigenvalue weighted by Gasteiger charge is 2.23. The lowest BCUT2D eigenvalue weighted by molar-refractivity contribution is 0.677. The van der Waals surface area contributed by atoms with Crippen LogP contribution in [0.3, 0.4) is 0 Å². The second kappa shape index (κ2) is 11.5. The maximum atomic E-state index is 7.20. The maximum absolute atomic E-state index is 7.20. The molecule has 5 aromatic heterocycles. The molecule has 0 N–H and O–H groups in total. The van der Waals surface area contributed by atoms with Crippen LogP contribution in [0.5, 0.6) is 0 Å². The van der Waals surface area contributed by atoms with Crippen molar-refractivity contribution < 1.29 is 4.42 Å². The minimum absolute atomic E-state index is 0.922. The van der Waals surface area contributed by atoms with Gasteiger partial charge in [-0.3, -0.25) is 0 Å². The molecule has 0 fully saturated rings. The number of benzene rings is 9. The number of hydrogen-bond acceptors (Lipinski definition) is 2. The van der Waals surface area contributed by atoms with E-state index < -0.39 is 0 Å². The van der Waals surface area contributed by atoms with Crippen molar-refractivity contribution in [3.05, 3.63) is 188 Å². The number of aromatic nitrogens is 3. The van der Waals surface area contributed by atoms with Gasteiger partial charge in [0.05, 0.1) is 43.9 Å². The van der Waals surface area contributed by atoms with Gasteiger partial charge in [0.1, 0.15) is 11.2 Å². The molecule has 0 spiro atoms. The minimum atomic E-state index is 0.922. The van der Waals surface area contributed by atoms with Crippen LogP contribution in [0, 0.1) is 0 Å². The molecule has 14 rings (SSSR count). The van der Waals surface area contributed by atoms with E-state index in [-0.39, 0.29) is 0 Å². The summed E-state index contributed by atoms with van der Waals surface area (Å²) in [5, 5.41) is 12.0. The number of nitrogens with zero attached hydrogens (tertiary/aromatic N) is 3. The smallest absolute Gasteiger partial charge is 0.145 e. The van der Waals surface area contributed by atoms with E-state index in [9.17, 15) is 0 Å². The van der Waals surface area contributed by atoms with Gasteiger partial charge in [0, 0.05) is 69.6 Å². The summed E-state index contributed by atoms with van der Waals surface area (Å²) in [5.74, 6) is 0. The molecule has 0 amide bonds. The van der Waals surface area contributed by atoms with Crippen molar-refractivity contribution in [2.24, 2.45) is 0 Å². The van der Waals surface area contributed by atoms with Gasteiger partial charge >= 0.3 is 0 Å². The second-order valence-electron chi connectivity index (χ2n) is 15.6. The van der Waals surface area contributed by atoms with Gasteiger partial charge in [-0.1, -0.05) is 91.0 Å². The van der Waals surface area contributed by atoms with Crippen molar-refractivity contribution in [3.63, 3.8) is 0 Å². The van der Waals surface area contributed by atoms with Gasteiger partial charge in [-0.25, -0.2) is 0 Å². The van der Waals surface area contributed by atoms with E-state index in [1.165, 1.54) is 64.0 Å². The molecule has 274 valence electrons. The van der Waals surface area contributed by atoms with E-state index >= 15 is 0 Å². The molecule has 0 saturated carbocycles. The maximum Gasteiger partial charge on any atom is 0.145 e. The average Bonchev–Trinajstić information content (AvgIpc) is 4.09. The van der Waals surface area contributed by atoms with Gasteiger partial charge in [-0.15, -0.1) is 11.3 Å². The summed E-state index contributed by atoms with van der Waals surface area (Å²) < 4.78 is 17.0. The highest BCUT2D eigenvalue weighted by Crippen LogP contribution is 2.45. The number of hydrogen-bond donors (Lipinski definition) is 0. The Labute approximate surface area is 340 Å². The van der Waals surface area contributed by atoms with Crippen LogP contribution in [-0.4, -0.2) is 13.7 Å². The lowest BCUT2D eigenvalue weighted by Gasteiger charge is -2.10. The number of furan rings is 1. The molecule has 59 heavy (non-hydrogen) atoms. The molecule has 9 aromatic carbocycles. The predicted molar refractivity (Wildman–Crippen MR) is 250 cm³/mol. The summed E-state index contributed by atoms with van der Waals surface area (Å²) in [4.78, 5) is 0. The van der Waals surface area contributed by atoms with Crippen molar-refractivity contribution in [1.29, 1.82) is 0 Å². The summed E-state index contributed by atoms with van der Waals surface area (Å²) >= 11 is 1.86. The average molecular weight is 770 g/mol. The van der Waals surface area contributed by atoms with Gasteiger partial charge in [0.15, 0.2) is 0 Å². The first-order valence-electron chi connectivity index (χ1n) is 20.1. The first-order valence-corrected chi connectivity index (χ1v) is 20.9. The fraction of sp³-hybridized carbons (Fsp3) is 0. The number of para-hydroxylation sites is 4. The van der Waals surface area contributed by atoms with Crippen molar-refractivity contribution >= 4 is 119 Å². The fourth-order valence-corrected chi connectivity index (χ4v) is 11.2. The molecule has 0 unspecified atom stereocenters. The highest BCUT2D eigenvalue weighted by molar-refractivity contribution is 7.25. The van der Waals surface area contributed by atoms with E-state index in [1.807, 2.05) is 11.3 Å². The molecule has 5 heterocycles. The van der Waals surface area contributed by atoms with Crippen LogP contribution in [0.15, 0.2) is 192 Å². The Morgan fingerprint density at radius 3 is 1.42 bits per heavy atom. The lowest BCUT2D eigenvalue weighted by atomic mass is 10.1. The number of rotatable bonds is 3. The van der Waals surface area contributed by atoms with Crippen LogP contribution in [0.2, 0.25) is 0 Å². The summed E-state index contributed by atoms with van der Waals surface area (Å²) in [6.07, 6.45) is 0. The van der Waals surface area contributed by atoms with E-state index in [4.69, 9.17) is 4.42 Å². The van der Waals surface area contributed by atoms with Gasteiger partial charge in [0.2, 0.25) is 0 Å². The Morgan fingerprint density at radius 1 is 0.288 bits per heavy atom. The summed E-state index contributed by atoms with van der Waals surface area (Å²) in [7, 11) is 0. The van der Waals surface area contributed by atoms with Crippen molar-refractivity contribution in [3.8, 4) is 17.1 Å². The lowest BCUT2D eigenvalue weighted by Crippen LogP contribution is -1.95. The predicted octanol–water partition coefficient (Wildman–Crippen LogP) is 15.2. The SMILES string of the molecule is c1ccc(-n2c3ccccc3c3c4oc5c(ccc6c5c5ccccc5n6-c5ccc6c(c5)c5ccccc5n6-c5ccc6sc7ccccc7c6c5)c4ccc32)cc1. The van der Waals surface area contributed by atoms with E-state index in [0.29, 0.717) is 0 Å². The molecular weight excluding hydrogens is 739 g/mol. The molecule has 0 bridgehead atoms. The second-order valence-corrected chi connectivity index (χ2v) is 16.7. The number of fused-ring (bicyclic) bond motifs is 17. The normalized spacial score (nSPS) is 12.4. The monoisotopic (exact) mass is 769 g/mol. The molecule has 0 aliphatic rings. The molecule has 0 aliphatic heterocycles. The molecule has 14 aromatic rings. The molecule has 0 atom stereocenters. The zero-order chi connectivity index (χ0) is 38.3. The first kappa shape index (κ1) is 31.5. The van der Waals surface area contributed by atoms with E-state index in [1.54, 1.807) is 0 Å². The standard InChI is InChI=1S/C54H31N3OS/c1-2-12-32(13-3-1)55-44-19-9-5-16-39(44)51-47(55)27-24-37-38-25-28-48-52(54(38)58-53(37)51)40-17-6-10-20-45(40)57(48)33-22-26-46-41(30-33)35-14-4-8-18-43(35)56(46)34-23-29-50-42(31-34)36-15-7-11-21-49(36)59-50/h1-31H. The zero-order valence-corrected chi connectivity index (χ0v) is 32.4. The molecular formula is C54H31N3OS. The van der Waals surface area contributed by atoms with Crippen LogP contribution in [0.25, 0.3) is 125 Å². The third-order valence-corrected chi connectivity index (χ3v) is 13.8. The quantitative estimate of drug-likeness (QED) is 0.176. The Hall–Kier alpha value is -7.60. The Bertz CT molecular complexity index is 4080. The van der Waals surface area contributed by atoms with Crippen LogP contribution >= 0.6 is 11.3 Å². The van der Waals surface area contributed by atoms with Gasteiger partial charge in [0.25, 0.3) is 0 Å². The van der Waals surface area contributed by atoms with Crippen LogP contribution in [0.4, 0.5) is 0 Å². The Balaban J connectivity index is 1.02. The first-order chi connectivity index (χ1) is 29.3. The third-order valence-electron chi connectivity index (χ3n) is 12.6. The van der Waals surface area contributed by atoms with Crippen LogP contribution in [0.1, 0.15) is 0 Å². The van der Waals surface area contributed by atoms with Gasteiger partial charge < -0.3 is 18.1 Å². The fourth-order valence-electron chi connectivity index (χ4n) is 10.2. The van der Waals surface area contributed by atoms with Crippen molar-refractivity contribution in [1.82, 2.24) is 13.7 Å². The number of thiophene rings is 1. The summed E-state index contributed by atoms with van der Waals surface area (Å²) in [5.41, 5.74) is 12.2. The van der Waals surface area contributed by atoms with Crippen LogP contribution in [-0.2, 0) is 0 Å². The highest BCUT2D eigenvalue weighted by atomic mass is 32.1. The summed E-state index contributed by atoms with van der Waals surface area (Å²) in [6.45, 7) is 0. The zero-order valence-electron chi connectivity index (χ0n) is 31.6. The van der Waals surface area contributed by atoms with Gasteiger partial charge in [-0.2, -0.15) is 0 Å². The molecule has 0 saturated heterocycles. The largest absolute Gasteiger partial charge is 0.455 e. The van der Waals surface area contributed by atoms with Gasteiger partial charge in [-0.05, 0) is 97.1 Å². The molecule has 5 heteroatoms. The Kier molecular flexibility index (Phi) is 6.14. The topological polar surface area (TPSA) is 27.9 Å². The van der Waals surface area contributed by atoms with E-state index in [2.05, 4.69) is 202 Å².